The van der Waals surface area contributed by atoms with Gasteiger partial charge in [-0.25, -0.2) is 0 Å². The first kappa shape index (κ1) is 96.9. The van der Waals surface area contributed by atoms with Crippen molar-refractivity contribution in [2.24, 2.45) is 30.9 Å². The Bertz CT molecular complexity index is 4890. The van der Waals surface area contributed by atoms with E-state index in [-0.39, 0.29) is 244 Å². The van der Waals surface area contributed by atoms with Crippen LogP contribution in [0.25, 0.3) is 36.5 Å². The van der Waals surface area contributed by atoms with Gasteiger partial charge in [0.1, 0.15) is 0 Å². The number of allylic oxidation sites excluding steroid dienone is 6. The first-order valence-corrected chi connectivity index (χ1v) is 35.6. The molecular weight excluding hydrogens is 2000 g/mol. The van der Waals surface area contributed by atoms with Gasteiger partial charge in [-0.15, -0.1) is 0 Å². The third kappa shape index (κ3) is 24.4. The topological polar surface area (TPSA) is 624 Å². The van der Waals surface area contributed by atoms with Crippen LogP contribution >= 0.6 is 0 Å². The summed E-state index contributed by atoms with van der Waals surface area (Å²) in [5.74, 6) is -2.84. The number of hydrogen-bond acceptors (Lipinski definition) is 30. The third-order valence-electron chi connectivity index (χ3n) is 13.9. The van der Waals surface area contributed by atoms with Crippen molar-refractivity contribution in [3.63, 3.8) is 0 Å². The monoisotopic (exact) mass is 2040 g/mol. The minimum Gasteiger partial charge on any atom is -0.410 e. The molecule has 6 aliphatic rings. The number of ketones is 6. The van der Waals surface area contributed by atoms with Gasteiger partial charge in [0.2, 0.25) is 34.7 Å². The maximum absolute atomic E-state index is 11.3. The van der Waals surface area contributed by atoms with Crippen LogP contribution in [0.5, 0.6) is 0 Å². The molecular formula is C60H42Ba3Fe2N6O30S6+6. The van der Waals surface area contributed by atoms with E-state index in [1.165, 1.54) is 109 Å². The zero-order valence-electron chi connectivity index (χ0n) is 53.0. The molecule has 12 N–H and O–H groups in total. The Morgan fingerprint density at radius 2 is 0.318 bits per heavy atom. The van der Waals surface area contributed by atoms with E-state index in [2.05, 4.69) is 30.9 Å². The summed E-state index contributed by atoms with van der Waals surface area (Å²) in [5, 5.41) is 69.4. The van der Waals surface area contributed by atoms with Crippen molar-refractivity contribution in [3.8, 4) is 0 Å². The van der Waals surface area contributed by atoms with Gasteiger partial charge in [-0.3, -0.25) is 56.1 Å². The Morgan fingerprint density at radius 1 is 0.206 bits per heavy atom. The molecule has 0 atom stereocenters. The van der Waals surface area contributed by atoms with Crippen LogP contribution in [-0.4, -0.2) is 325 Å². The summed E-state index contributed by atoms with van der Waals surface area (Å²) in [5.41, 5.74) is 3.19. The summed E-state index contributed by atoms with van der Waals surface area (Å²) in [6.07, 6.45) is 15.3. The predicted molar refractivity (Wildman–Crippen MR) is 369 cm³/mol. The molecule has 12 rings (SSSR count). The second kappa shape index (κ2) is 40.1. The molecule has 0 amide bonds. The molecule has 0 bridgehead atoms. The van der Waals surface area contributed by atoms with Gasteiger partial charge in [0.05, 0.1) is 29.4 Å². The standard InChI is InChI=1S/6C10H7NO5S.3Ba.2Fe/c6*12-9-4-1-6-5-7(17(14,15)16)2-3-8(6)10(9)11-13;;;;;/h6*1-5,13H,(H,14,15,16);;;;;/q;;;;;;3*+2;;/b6*11-10-;;;;;. The van der Waals surface area contributed by atoms with Crippen LogP contribution in [-0.2, 0) is 124 Å². The fourth-order valence-corrected chi connectivity index (χ4v) is 12.3. The van der Waals surface area contributed by atoms with Gasteiger partial charge in [-0.05, 0) is 143 Å². The number of nitrogens with zero attached hydrogens (tertiary/aromatic N) is 6. The number of benzene rings is 6. The summed E-state index contributed by atoms with van der Waals surface area (Å²) in [6.45, 7) is 0. The van der Waals surface area contributed by atoms with E-state index < -0.39 is 95.4 Å². The normalized spacial score (nSPS) is 16.4. The molecule has 6 aromatic rings. The fourth-order valence-electron chi connectivity index (χ4n) is 9.21. The minimum absolute atomic E-state index is 0. The Morgan fingerprint density at radius 3 is 0.411 bits per heavy atom. The molecule has 0 saturated heterocycles. The second-order valence-corrected chi connectivity index (χ2v) is 28.8. The third-order valence-corrected chi connectivity index (χ3v) is 19.0. The quantitative estimate of drug-likeness (QED) is 0.0493. The molecule has 544 valence electrons. The van der Waals surface area contributed by atoms with Crippen molar-refractivity contribution >= 4 is 313 Å². The number of hydrogen-bond donors (Lipinski definition) is 12. The van der Waals surface area contributed by atoms with Crippen LogP contribution < -0.4 is 0 Å². The molecule has 6 aromatic carbocycles. The Kier molecular flexibility index (Phi) is 36.4. The van der Waals surface area contributed by atoms with E-state index in [4.69, 9.17) is 58.6 Å². The second-order valence-electron chi connectivity index (χ2n) is 20.2. The molecule has 0 saturated carbocycles. The molecule has 107 heavy (non-hydrogen) atoms. The number of carbonyl (C=O) groups is 6. The van der Waals surface area contributed by atoms with E-state index in [0.717, 1.165) is 72.9 Å². The van der Waals surface area contributed by atoms with Crippen molar-refractivity contribution < 1.29 is 172 Å². The Balaban J connectivity index is 0.000000432. The van der Waals surface area contributed by atoms with E-state index in [0.29, 0.717) is 66.8 Å². The van der Waals surface area contributed by atoms with Crippen LogP contribution in [0.3, 0.4) is 0 Å². The largest absolute Gasteiger partial charge is 2.00 e. The van der Waals surface area contributed by atoms with Gasteiger partial charge in [0.25, 0.3) is 60.7 Å². The van der Waals surface area contributed by atoms with Gasteiger partial charge in [0, 0.05) is 67.5 Å². The van der Waals surface area contributed by atoms with Crippen LogP contribution in [0, 0.1) is 0 Å². The summed E-state index contributed by atoms with van der Waals surface area (Å²) in [4.78, 5) is 66.2. The summed E-state index contributed by atoms with van der Waals surface area (Å²) >= 11 is 0. The van der Waals surface area contributed by atoms with E-state index in [1.807, 2.05) is 0 Å². The van der Waals surface area contributed by atoms with Crippen LogP contribution in [0.2, 0.25) is 0 Å². The summed E-state index contributed by atoms with van der Waals surface area (Å²) in [6, 6.07) is 21.7. The van der Waals surface area contributed by atoms with Gasteiger partial charge in [-0.1, -0.05) is 104 Å². The van der Waals surface area contributed by atoms with E-state index in [1.54, 1.807) is 0 Å². The predicted octanol–water partition coefficient (Wildman–Crippen LogP) is 3.10. The maximum Gasteiger partial charge on any atom is 2.00 e. The number of fused-ring (bicyclic) bond motifs is 6. The first-order chi connectivity index (χ1) is 47.6. The van der Waals surface area contributed by atoms with Crippen molar-refractivity contribution in [3.05, 3.63) is 212 Å². The molecule has 0 unspecified atom stereocenters. The smallest absolute Gasteiger partial charge is 0.410 e. The molecule has 0 heterocycles. The van der Waals surface area contributed by atoms with Gasteiger partial charge in [-0.2, -0.15) is 50.5 Å². The Labute approximate surface area is 746 Å². The van der Waals surface area contributed by atoms with Crippen molar-refractivity contribution in [2.75, 3.05) is 0 Å². The van der Waals surface area contributed by atoms with Crippen molar-refractivity contribution in [1.29, 1.82) is 0 Å². The fraction of sp³-hybridized carbons (Fsp3) is 0. The molecule has 0 spiro atoms. The van der Waals surface area contributed by atoms with E-state index in [9.17, 15) is 79.3 Å². The first-order valence-electron chi connectivity index (χ1n) is 27.0. The SMILES string of the molecule is O=C1C=Cc2cc(S(=O)(=O)O)ccc2/C1=N/O.O=C1C=Cc2cc(S(=O)(=O)O)ccc2/C1=N/O.O=C1C=Cc2cc(S(=O)(=O)O)ccc2/C1=N/O.O=C1C=Cc2cc(S(=O)(=O)O)ccc2/C1=N/O.O=C1C=Cc2cc(S(=O)(=O)O)ccc2/C1=N/O.O=C1C=Cc2cc(S(=O)(=O)O)ccc2/C1=N/O.[Ba+2].[Ba+2].[Ba+2].[Fe].[Fe]. The summed E-state index contributed by atoms with van der Waals surface area (Å²) < 4.78 is 184. The van der Waals surface area contributed by atoms with E-state index >= 15 is 0 Å². The number of carbonyl (C=O) groups excluding carboxylic acids is 6. The molecule has 47 heteroatoms. The molecule has 0 aromatic heterocycles. The molecule has 0 aliphatic heterocycles. The van der Waals surface area contributed by atoms with Crippen molar-refractivity contribution in [1.82, 2.24) is 0 Å². The van der Waals surface area contributed by atoms with Gasteiger partial charge in [0.15, 0.2) is 34.3 Å². The molecule has 0 fully saturated rings. The maximum atomic E-state index is 11.3. The molecule has 0 radical (unpaired) electrons. The molecule has 6 aliphatic carbocycles. The van der Waals surface area contributed by atoms with Gasteiger partial charge >= 0.3 is 147 Å². The average molecular weight is 2040 g/mol. The Hall–Kier alpha value is -6.19. The number of rotatable bonds is 6. The minimum atomic E-state index is -4.30. The van der Waals surface area contributed by atoms with Crippen LogP contribution in [0.1, 0.15) is 66.8 Å². The van der Waals surface area contributed by atoms with Gasteiger partial charge < -0.3 is 31.2 Å². The zero-order chi connectivity index (χ0) is 75.8. The van der Waals surface area contributed by atoms with Crippen LogP contribution in [0.15, 0.2) is 206 Å². The summed E-state index contributed by atoms with van der Waals surface area (Å²) in [7, 11) is -25.8. The van der Waals surface area contributed by atoms with Crippen LogP contribution in [0.4, 0.5) is 0 Å². The number of oxime groups is 6. The molecule has 36 nitrogen and oxygen atoms in total. The average Bonchev–Trinajstić information content (AvgIpc) is 0.828. The zero-order valence-corrected chi connectivity index (χ0v) is 73.4. The van der Waals surface area contributed by atoms with Crippen molar-refractivity contribution in [2.45, 2.75) is 29.4 Å².